The van der Waals surface area contributed by atoms with E-state index >= 15 is 0 Å². The molecular weight excluding hydrogens is 378 g/mol. The zero-order chi connectivity index (χ0) is 18.9. The molecule has 1 atom stereocenters. The van der Waals surface area contributed by atoms with Gasteiger partial charge in [0.15, 0.2) is 0 Å². The molecule has 1 saturated carbocycles. The van der Waals surface area contributed by atoms with Gasteiger partial charge in [-0.3, -0.25) is 4.79 Å². The van der Waals surface area contributed by atoms with Crippen molar-refractivity contribution in [1.82, 2.24) is 4.90 Å². The lowest BCUT2D eigenvalue weighted by atomic mass is 9.77. The Labute approximate surface area is 170 Å². The Morgan fingerprint density at radius 1 is 1.11 bits per heavy atom. The molecule has 0 radical (unpaired) electrons. The molecule has 0 N–H and O–H groups in total. The van der Waals surface area contributed by atoms with Crippen LogP contribution in [-0.4, -0.2) is 30.2 Å². The molecule has 1 aliphatic heterocycles. The van der Waals surface area contributed by atoms with E-state index in [2.05, 4.69) is 17.0 Å². The number of rotatable bonds is 4. The Morgan fingerprint density at radius 3 is 2.41 bits per heavy atom. The Hall–Kier alpha value is -1.65. The van der Waals surface area contributed by atoms with Crippen molar-refractivity contribution < 1.29 is 9.53 Å². The summed E-state index contributed by atoms with van der Waals surface area (Å²) in [7, 11) is 1.67. The van der Waals surface area contributed by atoms with Crippen LogP contribution in [0.3, 0.4) is 0 Å². The van der Waals surface area contributed by atoms with E-state index in [-0.39, 0.29) is 11.3 Å². The van der Waals surface area contributed by atoms with E-state index in [1.807, 2.05) is 48.2 Å². The number of hydrogen-bond donors (Lipinski definition) is 0. The van der Waals surface area contributed by atoms with E-state index in [0.717, 1.165) is 54.9 Å². The molecule has 2 fully saturated rings. The van der Waals surface area contributed by atoms with E-state index in [4.69, 9.17) is 16.3 Å². The van der Waals surface area contributed by atoms with Crippen LogP contribution in [0.5, 0.6) is 5.75 Å². The Balaban J connectivity index is 1.65. The molecule has 1 heterocycles. The molecular formula is C22H24ClNO2S. The lowest BCUT2D eigenvalue weighted by molar-refractivity contribution is -0.137. The van der Waals surface area contributed by atoms with E-state index in [0.29, 0.717) is 5.02 Å². The molecule has 0 aromatic heterocycles. The van der Waals surface area contributed by atoms with Gasteiger partial charge in [-0.15, -0.1) is 11.8 Å². The second kappa shape index (κ2) is 7.76. The molecule has 2 aromatic carbocycles. The first-order chi connectivity index (χ1) is 13.1. The zero-order valence-electron chi connectivity index (χ0n) is 15.5. The van der Waals surface area contributed by atoms with Gasteiger partial charge in [0, 0.05) is 17.3 Å². The van der Waals surface area contributed by atoms with Crippen molar-refractivity contribution in [3.63, 3.8) is 0 Å². The average molecular weight is 402 g/mol. The maximum atomic E-state index is 13.8. The fourth-order valence-corrected chi connectivity index (χ4v) is 5.75. The van der Waals surface area contributed by atoms with Crippen LogP contribution < -0.4 is 4.74 Å². The standard InChI is InChI=1S/C22H24ClNO2S/c1-26-19-10-4-16(5-11-19)20-24(14-15-27-20)21(25)22(12-2-3-13-22)17-6-8-18(23)9-7-17/h4-11,20H,2-3,12-15H2,1H3. The van der Waals surface area contributed by atoms with Crippen LogP contribution in [0.25, 0.3) is 0 Å². The summed E-state index contributed by atoms with van der Waals surface area (Å²) in [5.41, 5.74) is 1.87. The Kier molecular flexibility index (Phi) is 5.38. The molecule has 0 spiro atoms. The van der Waals surface area contributed by atoms with Crippen molar-refractivity contribution in [2.24, 2.45) is 0 Å². The first-order valence-corrected chi connectivity index (χ1v) is 10.9. The summed E-state index contributed by atoms with van der Waals surface area (Å²) in [5.74, 6) is 2.08. The fourth-order valence-electron chi connectivity index (χ4n) is 4.37. The van der Waals surface area contributed by atoms with Gasteiger partial charge in [0.2, 0.25) is 5.91 Å². The largest absolute Gasteiger partial charge is 0.497 e. The van der Waals surface area contributed by atoms with Gasteiger partial charge in [-0.25, -0.2) is 0 Å². The Bertz CT molecular complexity index is 800. The van der Waals surface area contributed by atoms with Gasteiger partial charge in [-0.05, 0) is 48.2 Å². The van der Waals surface area contributed by atoms with Gasteiger partial charge in [0.1, 0.15) is 11.1 Å². The van der Waals surface area contributed by atoms with Gasteiger partial charge in [0.05, 0.1) is 12.5 Å². The molecule has 2 aromatic rings. The van der Waals surface area contributed by atoms with Crippen molar-refractivity contribution in [3.8, 4) is 5.75 Å². The molecule has 3 nitrogen and oxygen atoms in total. The van der Waals surface area contributed by atoms with E-state index < -0.39 is 5.41 Å². The first kappa shape index (κ1) is 18.7. The predicted molar refractivity (Wildman–Crippen MR) is 112 cm³/mol. The second-order valence-corrected chi connectivity index (χ2v) is 8.92. The minimum Gasteiger partial charge on any atom is -0.497 e. The third-order valence-corrected chi connectivity index (χ3v) is 7.33. The van der Waals surface area contributed by atoms with Crippen molar-refractivity contribution in [3.05, 3.63) is 64.7 Å². The number of hydrogen-bond acceptors (Lipinski definition) is 3. The maximum Gasteiger partial charge on any atom is 0.234 e. The third kappa shape index (κ3) is 3.45. The van der Waals surface area contributed by atoms with E-state index in [1.54, 1.807) is 7.11 Å². The lowest BCUT2D eigenvalue weighted by Crippen LogP contribution is -2.45. The molecule has 5 heteroatoms. The number of carbonyl (C=O) groups excluding carboxylic acids is 1. The van der Waals surface area contributed by atoms with E-state index in [9.17, 15) is 4.79 Å². The highest BCUT2D eigenvalue weighted by atomic mass is 35.5. The Morgan fingerprint density at radius 2 is 1.78 bits per heavy atom. The van der Waals surface area contributed by atoms with Crippen LogP contribution in [0.4, 0.5) is 0 Å². The van der Waals surface area contributed by atoms with Gasteiger partial charge < -0.3 is 9.64 Å². The number of benzene rings is 2. The molecule has 27 heavy (non-hydrogen) atoms. The summed E-state index contributed by atoms with van der Waals surface area (Å²) in [6.07, 6.45) is 4.04. The molecule has 0 bridgehead atoms. The molecule has 1 aliphatic carbocycles. The molecule has 1 saturated heterocycles. The van der Waals surface area contributed by atoms with Gasteiger partial charge >= 0.3 is 0 Å². The van der Waals surface area contributed by atoms with Crippen LogP contribution in [0.15, 0.2) is 48.5 Å². The van der Waals surface area contributed by atoms with Crippen LogP contribution in [0.2, 0.25) is 5.02 Å². The second-order valence-electron chi connectivity index (χ2n) is 7.29. The molecule has 1 unspecified atom stereocenters. The SMILES string of the molecule is COc1ccc(C2SCCN2C(=O)C2(c3ccc(Cl)cc3)CCCC2)cc1. The van der Waals surface area contributed by atoms with Crippen molar-refractivity contribution >= 4 is 29.3 Å². The number of halogens is 1. The molecule has 142 valence electrons. The fraction of sp³-hybridized carbons (Fsp3) is 0.409. The summed E-state index contributed by atoms with van der Waals surface area (Å²) in [4.78, 5) is 15.9. The van der Waals surface area contributed by atoms with Crippen molar-refractivity contribution in [1.29, 1.82) is 0 Å². The minimum absolute atomic E-state index is 0.0770. The summed E-state index contributed by atoms with van der Waals surface area (Å²) < 4.78 is 5.27. The van der Waals surface area contributed by atoms with Gasteiger partial charge in [-0.1, -0.05) is 48.7 Å². The highest BCUT2D eigenvalue weighted by Crippen LogP contribution is 2.47. The zero-order valence-corrected chi connectivity index (χ0v) is 17.1. The van der Waals surface area contributed by atoms with Crippen LogP contribution in [-0.2, 0) is 10.2 Å². The van der Waals surface area contributed by atoms with Crippen LogP contribution in [0.1, 0.15) is 42.2 Å². The van der Waals surface area contributed by atoms with Crippen molar-refractivity contribution in [2.75, 3.05) is 19.4 Å². The number of methoxy groups -OCH3 is 1. The van der Waals surface area contributed by atoms with Gasteiger partial charge in [-0.2, -0.15) is 0 Å². The molecule has 2 aliphatic rings. The average Bonchev–Trinajstić information content (AvgIpc) is 3.38. The monoisotopic (exact) mass is 401 g/mol. The number of nitrogens with zero attached hydrogens (tertiary/aromatic N) is 1. The quantitative estimate of drug-likeness (QED) is 0.683. The van der Waals surface area contributed by atoms with Crippen LogP contribution in [0, 0.1) is 0 Å². The molecule has 4 rings (SSSR count). The summed E-state index contributed by atoms with van der Waals surface area (Å²) >= 11 is 7.93. The highest BCUT2D eigenvalue weighted by Gasteiger charge is 2.47. The summed E-state index contributed by atoms with van der Waals surface area (Å²) in [5, 5.41) is 0.792. The smallest absolute Gasteiger partial charge is 0.234 e. The normalized spacial score (nSPS) is 21.4. The number of carbonyl (C=O) groups is 1. The minimum atomic E-state index is -0.403. The number of ether oxygens (including phenoxy) is 1. The number of amides is 1. The van der Waals surface area contributed by atoms with Crippen LogP contribution >= 0.6 is 23.4 Å². The number of thioether (sulfide) groups is 1. The van der Waals surface area contributed by atoms with Crippen molar-refractivity contribution in [2.45, 2.75) is 36.5 Å². The highest BCUT2D eigenvalue weighted by molar-refractivity contribution is 7.99. The third-order valence-electron chi connectivity index (χ3n) is 5.82. The topological polar surface area (TPSA) is 29.5 Å². The van der Waals surface area contributed by atoms with Gasteiger partial charge in [0.25, 0.3) is 0 Å². The maximum absolute atomic E-state index is 13.8. The lowest BCUT2D eigenvalue weighted by Gasteiger charge is -2.35. The predicted octanol–water partition coefficient (Wildman–Crippen LogP) is 5.43. The summed E-state index contributed by atoms with van der Waals surface area (Å²) in [6, 6.07) is 16.0. The summed E-state index contributed by atoms with van der Waals surface area (Å²) in [6.45, 7) is 0.801. The van der Waals surface area contributed by atoms with E-state index in [1.165, 1.54) is 0 Å². The first-order valence-electron chi connectivity index (χ1n) is 9.47. The molecule has 1 amide bonds.